The zero-order valence-corrected chi connectivity index (χ0v) is 17.6. The molecule has 2 N–H and O–H groups in total. The van der Waals surface area contributed by atoms with E-state index in [4.69, 9.17) is 0 Å². The van der Waals surface area contributed by atoms with Crippen LogP contribution in [0, 0.1) is 15.5 Å². The van der Waals surface area contributed by atoms with Crippen LogP contribution in [-0.2, 0) is 13.1 Å². The van der Waals surface area contributed by atoms with Gasteiger partial charge in [0.05, 0.1) is 11.5 Å². The number of aromatic nitrogens is 2. The maximum atomic E-state index is 13.4. The number of nitro benzene ring substituents is 1. The van der Waals surface area contributed by atoms with Gasteiger partial charge in [0, 0.05) is 36.6 Å². The summed E-state index contributed by atoms with van der Waals surface area (Å²) in [7, 11) is 0. The summed E-state index contributed by atoms with van der Waals surface area (Å²) in [6.45, 7) is 5.05. The molecule has 9 nitrogen and oxygen atoms in total. The summed E-state index contributed by atoms with van der Waals surface area (Å²) in [5.41, 5.74) is -0.0255. The summed E-state index contributed by atoms with van der Waals surface area (Å²) >= 11 is 0. The molecule has 1 aromatic heterocycles. The van der Waals surface area contributed by atoms with Crippen molar-refractivity contribution < 1.29 is 14.8 Å². The summed E-state index contributed by atoms with van der Waals surface area (Å²) in [5.74, 6) is 0.0764. The van der Waals surface area contributed by atoms with E-state index in [9.17, 15) is 20.0 Å². The SMILES string of the molecule is CCn1ccnc1CN(C(=O)c1ccc([N+](=O)[O-])c(O)c1)C1CC12CCNCC2.Cl. The number of halogens is 1. The van der Waals surface area contributed by atoms with Gasteiger partial charge in [-0.15, -0.1) is 12.4 Å². The van der Waals surface area contributed by atoms with E-state index in [-0.39, 0.29) is 35.3 Å². The van der Waals surface area contributed by atoms with Gasteiger partial charge in [-0.2, -0.15) is 0 Å². The standard InChI is InChI=1S/C20H25N5O4.ClH/c1-2-23-10-9-22-18(23)13-24(17-12-20(17)5-7-21-8-6-20)19(27)14-3-4-15(25(28)29)16(26)11-14;/h3-4,9-11,17,21,26H,2,5-8,12-13H2,1H3;1H. The lowest BCUT2D eigenvalue weighted by molar-refractivity contribution is -0.385. The minimum absolute atomic E-state index is 0. The number of piperidine rings is 1. The van der Waals surface area contributed by atoms with E-state index in [1.807, 2.05) is 22.6 Å². The first-order valence-corrected chi connectivity index (χ1v) is 9.94. The van der Waals surface area contributed by atoms with Crippen molar-refractivity contribution in [1.29, 1.82) is 0 Å². The van der Waals surface area contributed by atoms with Gasteiger partial charge in [-0.3, -0.25) is 14.9 Å². The first kappa shape index (κ1) is 22.0. The van der Waals surface area contributed by atoms with Crippen molar-refractivity contribution in [1.82, 2.24) is 19.8 Å². The molecule has 10 heteroatoms. The highest BCUT2D eigenvalue weighted by atomic mass is 35.5. The fourth-order valence-electron chi connectivity index (χ4n) is 4.46. The minimum Gasteiger partial charge on any atom is -0.502 e. The first-order valence-electron chi connectivity index (χ1n) is 9.94. The highest BCUT2D eigenvalue weighted by molar-refractivity contribution is 5.95. The number of rotatable bonds is 6. The zero-order chi connectivity index (χ0) is 20.6. The van der Waals surface area contributed by atoms with Crippen LogP contribution in [0.2, 0.25) is 0 Å². The Bertz CT molecular complexity index is 941. The lowest BCUT2D eigenvalue weighted by atomic mass is 9.93. The van der Waals surface area contributed by atoms with Crippen molar-refractivity contribution in [2.24, 2.45) is 5.41 Å². The second-order valence-corrected chi connectivity index (χ2v) is 7.86. The van der Waals surface area contributed by atoms with Crippen LogP contribution in [0.3, 0.4) is 0 Å². The van der Waals surface area contributed by atoms with Crippen LogP contribution in [0.1, 0.15) is 42.4 Å². The fraction of sp³-hybridized carbons (Fsp3) is 0.500. The second-order valence-electron chi connectivity index (χ2n) is 7.86. The molecule has 162 valence electrons. The molecular weight excluding hydrogens is 410 g/mol. The van der Waals surface area contributed by atoms with Crippen LogP contribution in [0.25, 0.3) is 0 Å². The number of hydrogen-bond acceptors (Lipinski definition) is 6. The van der Waals surface area contributed by atoms with Crippen molar-refractivity contribution in [2.75, 3.05) is 13.1 Å². The van der Waals surface area contributed by atoms with Gasteiger partial charge in [0.25, 0.3) is 5.91 Å². The van der Waals surface area contributed by atoms with Crippen molar-refractivity contribution in [3.05, 3.63) is 52.1 Å². The average Bonchev–Trinajstić information content (AvgIpc) is 3.19. The van der Waals surface area contributed by atoms with Crippen LogP contribution in [-0.4, -0.2) is 49.5 Å². The van der Waals surface area contributed by atoms with E-state index in [2.05, 4.69) is 10.3 Å². The molecule has 2 fully saturated rings. The van der Waals surface area contributed by atoms with E-state index in [0.29, 0.717) is 6.54 Å². The van der Waals surface area contributed by atoms with Crippen molar-refractivity contribution in [3.8, 4) is 5.75 Å². The molecule has 1 aromatic carbocycles. The average molecular weight is 436 g/mol. The van der Waals surface area contributed by atoms with E-state index in [0.717, 1.165) is 44.7 Å². The number of amides is 1. The molecule has 2 heterocycles. The third-order valence-corrected chi connectivity index (χ3v) is 6.26. The molecule has 0 radical (unpaired) electrons. The summed E-state index contributed by atoms with van der Waals surface area (Å²) in [4.78, 5) is 30.0. The van der Waals surface area contributed by atoms with Crippen LogP contribution in [0.15, 0.2) is 30.6 Å². The zero-order valence-electron chi connectivity index (χ0n) is 16.8. The molecule has 1 unspecified atom stereocenters. The number of nitro groups is 1. The number of carbonyl (C=O) groups excluding carboxylic acids is 1. The van der Waals surface area contributed by atoms with Gasteiger partial charge in [-0.1, -0.05) is 0 Å². The number of nitrogens with one attached hydrogen (secondary N) is 1. The van der Waals surface area contributed by atoms with Crippen molar-refractivity contribution in [3.63, 3.8) is 0 Å². The maximum absolute atomic E-state index is 13.4. The monoisotopic (exact) mass is 435 g/mol. The Morgan fingerprint density at radius 2 is 2.17 bits per heavy atom. The molecule has 1 saturated heterocycles. The molecular formula is C20H26ClN5O4. The molecule has 1 aliphatic carbocycles. The van der Waals surface area contributed by atoms with E-state index >= 15 is 0 Å². The number of aryl methyl sites for hydroxylation is 1. The first-order chi connectivity index (χ1) is 13.9. The Kier molecular flexibility index (Phi) is 6.33. The van der Waals surface area contributed by atoms with E-state index in [1.54, 1.807) is 6.20 Å². The Morgan fingerprint density at radius 1 is 1.43 bits per heavy atom. The Hall–Kier alpha value is -2.65. The van der Waals surface area contributed by atoms with Crippen molar-refractivity contribution >= 4 is 24.0 Å². The quantitative estimate of drug-likeness (QED) is 0.532. The third kappa shape index (κ3) is 3.99. The largest absolute Gasteiger partial charge is 0.502 e. The van der Waals surface area contributed by atoms with Crippen molar-refractivity contribution in [2.45, 2.75) is 45.3 Å². The summed E-state index contributed by atoms with van der Waals surface area (Å²) in [6, 6.07) is 3.89. The van der Waals surface area contributed by atoms with Crippen LogP contribution in [0.4, 0.5) is 5.69 Å². The Morgan fingerprint density at radius 3 is 2.80 bits per heavy atom. The number of phenols is 1. The number of hydrogen-bond donors (Lipinski definition) is 2. The number of carbonyl (C=O) groups is 1. The predicted octanol–water partition coefficient (Wildman–Crippen LogP) is 2.72. The highest BCUT2D eigenvalue weighted by Gasteiger charge is 2.58. The highest BCUT2D eigenvalue weighted by Crippen LogP contribution is 2.56. The smallest absolute Gasteiger partial charge is 0.310 e. The molecule has 1 atom stereocenters. The van der Waals surface area contributed by atoms with Gasteiger partial charge in [-0.05, 0) is 56.8 Å². The molecule has 2 aromatic rings. The normalized spacial score (nSPS) is 19.2. The number of aromatic hydroxyl groups is 1. The molecule has 0 bridgehead atoms. The Labute approximate surface area is 180 Å². The Balaban J connectivity index is 0.00000256. The van der Waals surface area contributed by atoms with Gasteiger partial charge in [0.15, 0.2) is 5.75 Å². The molecule has 2 aliphatic rings. The summed E-state index contributed by atoms with van der Waals surface area (Å²) < 4.78 is 2.01. The van der Waals surface area contributed by atoms with E-state index < -0.39 is 16.4 Å². The lowest BCUT2D eigenvalue weighted by Gasteiger charge is -2.29. The number of benzene rings is 1. The van der Waals surface area contributed by atoms with Gasteiger partial charge in [-0.25, -0.2) is 4.98 Å². The topological polar surface area (TPSA) is 114 Å². The molecule has 1 amide bonds. The molecule has 30 heavy (non-hydrogen) atoms. The predicted molar refractivity (Wildman–Crippen MR) is 113 cm³/mol. The van der Waals surface area contributed by atoms with E-state index in [1.165, 1.54) is 18.2 Å². The number of imidazole rings is 1. The fourth-order valence-corrected chi connectivity index (χ4v) is 4.46. The van der Waals surface area contributed by atoms with Gasteiger partial charge >= 0.3 is 5.69 Å². The third-order valence-electron chi connectivity index (χ3n) is 6.26. The van der Waals surface area contributed by atoms with Crippen LogP contribution in [0.5, 0.6) is 5.75 Å². The molecule has 1 saturated carbocycles. The molecule has 1 aliphatic heterocycles. The van der Waals surface area contributed by atoms with Gasteiger partial charge in [0.1, 0.15) is 5.82 Å². The summed E-state index contributed by atoms with van der Waals surface area (Å²) in [6.07, 6.45) is 6.62. The van der Waals surface area contributed by atoms with Crippen LogP contribution < -0.4 is 5.32 Å². The molecule has 4 rings (SSSR count). The maximum Gasteiger partial charge on any atom is 0.310 e. The van der Waals surface area contributed by atoms with Gasteiger partial charge < -0.3 is 19.9 Å². The lowest BCUT2D eigenvalue weighted by Crippen LogP contribution is -2.39. The summed E-state index contributed by atoms with van der Waals surface area (Å²) in [5, 5.41) is 24.3. The second kappa shape index (κ2) is 8.61. The van der Waals surface area contributed by atoms with Crippen LogP contribution >= 0.6 is 12.4 Å². The number of nitrogens with zero attached hydrogens (tertiary/aromatic N) is 4. The molecule has 1 spiro atoms. The minimum atomic E-state index is -0.662. The van der Waals surface area contributed by atoms with Gasteiger partial charge in [0.2, 0.25) is 0 Å². The number of phenolic OH excluding ortho intramolecular Hbond substituents is 1.